The molecule has 0 unspecified atom stereocenters. The molecule has 0 aliphatic heterocycles. The van der Waals surface area contributed by atoms with Gasteiger partial charge in [-0.3, -0.25) is 9.48 Å². The number of nitrogens with zero attached hydrogens (tertiary/aromatic N) is 4. The van der Waals surface area contributed by atoms with Crippen LogP contribution in [0.5, 0.6) is 0 Å². The highest BCUT2D eigenvalue weighted by atomic mass is 16.3. The van der Waals surface area contributed by atoms with Gasteiger partial charge in [-0.15, -0.1) is 0 Å². The number of carbonyl (C=O) groups is 1. The van der Waals surface area contributed by atoms with Crippen LogP contribution in [0.25, 0.3) is 27.6 Å². The van der Waals surface area contributed by atoms with Gasteiger partial charge < -0.3 is 9.73 Å². The Morgan fingerprint density at radius 1 is 1.03 bits per heavy atom. The number of hydrogen-bond acceptors (Lipinski definition) is 4. The molecular weight excluding hydrogens is 474 g/mol. The molecule has 4 heterocycles. The van der Waals surface area contributed by atoms with Crippen molar-refractivity contribution in [2.75, 3.05) is 0 Å². The van der Waals surface area contributed by atoms with Crippen molar-refractivity contribution >= 4 is 22.4 Å². The number of nitrogens with one attached hydrogen (secondary N) is 1. The lowest BCUT2D eigenvalue weighted by molar-refractivity contribution is 0.0937. The molecule has 7 nitrogen and oxygen atoms in total. The second kappa shape index (κ2) is 9.41. The molecule has 186 valence electrons. The Morgan fingerprint density at radius 3 is 2.63 bits per heavy atom. The first kappa shape index (κ1) is 23.3. The van der Waals surface area contributed by atoms with E-state index in [9.17, 15) is 4.79 Å². The van der Waals surface area contributed by atoms with Crippen LogP contribution < -0.4 is 5.32 Å². The highest BCUT2D eigenvalue weighted by molar-refractivity contribution is 6.03. The molecule has 0 saturated carbocycles. The number of benzene rings is 2. The largest absolute Gasteiger partial charge is 0.458 e. The zero-order valence-electron chi connectivity index (χ0n) is 21.3. The van der Waals surface area contributed by atoms with E-state index < -0.39 is 6.04 Å². The summed E-state index contributed by atoms with van der Waals surface area (Å²) in [6.45, 7) is 3.78. The van der Waals surface area contributed by atoms with Gasteiger partial charge in [-0.2, -0.15) is 10.2 Å². The Labute approximate surface area is 219 Å². The number of aryl methyl sites for hydroxylation is 2. The van der Waals surface area contributed by atoms with Gasteiger partial charge in [0.1, 0.15) is 11.3 Å². The first-order valence-electron chi connectivity index (χ1n) is 12.4. The highest BCUT2D eigenvalue weighted by Crippen LogP contribution is 2.39. The molecule has 4 aromatic heterocycles. The average Bonchev–Trinajstić information content (AvgIpc) is 3.62. The number of furan rings is 1. The van der Waals surface area contributed by atoms with E-state index in [1.54, 1.807) is 15.4 Å². The molecule has 0 bridgehead atoms. The minimum Gasteiger partial charge on any atom is -0.458 e. The maximum Gasteiger partial charge on any atom is 0.255 e. The highest BCUT2D eigenvalue weighted by Gasteiger charge is 2.25. The van der Waals surface area contributed by atoms with Gasteiger partial charge in [0.05, 0.1) is 34.6 Å². The third-order valence-electron chi connectivity index (χ3n) is 6.53. The number of hydrogen-bond donors (Lipinski definition) is 1. The number of rotatable bonds is 4. The fraction of sp³-hybridized carbons (Fsp3) is 0.129. The van der Waals surface area contributed by atoms with E-state index in [1.165, 1.54) is 0 Å². The number of pyridine rings is 1. The van der Waals surface area contributed by atoms with Gasteiger partial charge in [-0.05, 0) is 43.7 Å². The molecule has 6 rings (SSSR count). The summed E-state index contributed by atoms with van der Waals surface area (Å²) in [6, 6.07) is 21.2. The van der Waals surface area contributed by atoms with Crippen LogP contribution in [0.15, 0.2) is 89.7 Å². The van der Waals surface area contributed by atoms with Crippen LogP contribution in [0, 0.1) is 18.8 Å². The standard InChI is InChI=1S/C31H25N5O2/c1-20-27(25-13-7-8-17-36(25)34-20)31(37)33-21(2)30-29(23-10-5-4-6-11-23)28-24(12-9-14-26(28)38-30)16-15-22-18-32-35(3)19-22/h4-14,17-19,21H,1-3H3,(H,33,37)/t21-/m0/s1. The minimum absolute atomic E-state index is 0.202. The predicted octanol–water partition coefficient (Wildman–Crippen LogP) is 5.68. The first-order chi connectivity index (χ1) is 18.5. The van der Waals surface area contributed by atoms with Crippen molar-refractivity contribution in [3.63, 3.8) is 0 Å². The summed E-state index contributed by atoms with van der Waals surface area (Å²) >= 11 is 0. The smallest absolute Gasteiger partial charge is 0.255 e. The summed E-state index contributed by atoms with van der Waals surface area (Å²) in [7, 11) is 1.87. The van der Waals surface area contributed by atoms with Gasteiger partial charge in [0.25, 0.3) is 5.91 Å². The Morgan fingerprint density at radius 2 is 1.84 bits per heavy atom. The lowest BCUT2D eigenvalue weighted by Crippen LogP contribution is -2.27. The maximum atomic E-state index is 13.5. The van der Waals surface area contributed by atoms with E-state index >= 15 is 0 Å². The molecule has 6 aromatic rings. The SMILES string of the molecule is Cc1nn2ccccc2c1C(=O)N[C@@H](C)c1oc2cccc(C#Cc3cnn(C)c3)c2c1-c1ccccc1. The van der Waals surface area contributed by atoms with Crippen molar-refractivity contribution in [3.8, 4) is 23.0 Å². The summed E-state index contributed by atoms with van der Waals surface area (Å²) in [4.78, 5) is 13.5. The van der Waals surface area contributed by atoms with Crippen molar-refractivity contribution < 1.29 is 9.21 Å². The van der Waals surface area contributed by atoms with Gasteiger partial charge in [-0.1, -0.05) is 54.3 Å². The molecule has 38 heavy (non-hydrogen) atoms. The second-order valence-corrected chi connectivity index (χ2v) is 9.22. The van der Waals surface area contributed by atoms with Crippen LogP contribution >= 0.6 is 0 Å². The lowest BCUT2D eigenvalue weighted by Gasteiger charge is -2.14. The average molecular weight is 500 g/mol. The van der Waals surface area contributed by atoms with Crippen molar-refractivity contribution in [2.24, 2.45) is 7.05 Å². The van der Waals surface area contributed by atoms with E-state index in [-0.39, 0.29) is 5.91 Å². The first-order valence-corrected chi connectivity index (χ1v) is 12.4. The fourth-order valence-electron chi connectivity index (χ4n) is 4.82. The minimum atomic E-state index is -0.415. The topological polar surface area (TPSA) is 77.4 Å². The van der Waals surface area contributed by atoms with Crippen LogP contribution in [-0.4, -0.2) is 25.3 Å². The number of amides is 1. The lowest BCUT2D eigenvalue weighted by atomic mass is 9.96. The van der Waals surface area contributed by atoms with Gasteiger partial charge in [0, 0.05) is 36.0 Å². The Hall–Kier alpha value is -5.09. The molecule has 1 N–H and O–H groups in total. The molecule has 0 saturated heterocycles. The van der Waals surface area contributed by atoms with E-state index in [4.69, 9.17) is 4.42 Å². The number of carbonyl (C=O) groups excluding carboxylic acids is 1. The van der Waals surface area contributed by atoms with Crippen molar-refractivity contribution in [1.82, 2.24) is 24.7 Å². The Bertz CT molecular complexity index is 1860. The molecule has 7 heteroatoms. The van der Waals surface area contributed by atoms with E-state index in [2.05, 4.69) is 27.4 Å². The van der Waals surface area contributed by atoms with E-state index in [0.29, 0.717) is 22.6 Å². The molecule has 1 atom stereocenters. The zero-order chi connectivity index (χ0) is 26.2. The molecule has 2 aromatic carbocycles. The van der Waals surface area contributed by atoms with Gasteiger partial charge in [-0.25, -0.2) is 4.52 Å². The monoisotopic (exact) mass is 499 g/mol. The molecule has 0 aliphatic rings. The summed E-state index contributed by atoms with van der Waals surface area (Å²) in [5, 5.41) is 12.8. The fourth-order valence-corrected chi connectivity index (χ4v) is 4.82. The van der Waals surface area contributed by atoms with Crippen molar-refractivity contribution in [2.45, 2.75) is 19.9 Å². The molecular formula is C31H25N5O2. The summed E-state index contributed by atoms with van der Waals surface area (Å²) in [6.07, 6.45) is 5.46. The van der Waals surface area contributed by atoms with E-state index in [1.807, 2.05) is 100 Å². The predicted molar refractivity (Wildman–Crippen MR) is 147 cm³/mol. The van der Waals surface area contributed by atoms with Gasteiger partial charge in [0.2, 0.25) is 0 Å². The normalized spacial score (nSPS) is 11.9. The van der Waals surface area contributed by atoms with Crippen LogP contribution in [-0.2, 0) is 7.05 Å². The van der Waals surface area contributed by atoms with Crippen LogP contribution in [0.2, 0.25) is 0 Å². The number of aromatic nitrogens is 4. The molecule has 0 aliphatic carbocycles. The van der Waals surface area contributed by atoms with Crippen LogP contribution in [0.4, 0.5) is 0 Å². The Kier molecular flexibility index (Phi) is 5.78. The molecule has 1 amide bonds. The summed E-state index contributed by atoms with van der Waals surface area (Å²) < 4.78 is 9.88. The van der Waals surface area contributed by atoms with Crippen LogP contribution in [0.3, 0.4) is 0 Å². The quantitative estimate of drug-likeness (QED) is 0.317. The third-order valence-corrected chi connectivity index (χ3v) is 6.53. The Balaban J connectivity index is 1.45. The zero-order valence-corrected chi connectivity index (χ0v) is 21.3. The van der Waals surface area contributed by atoms with Gasteiger partial charge >= 0.3 is 0 Å². The molecule has 0 radical (unpaired) electrons. The van der Waals surface area contributed by atoms with E-state index in [0.717, 1.165) is 33.2 Å². The second-order valence-electron chi connectivity index (χ2n) is 9.22. The maximum absolute atomic E-state index is 13.5. The van der Waals surface area contributed by atoms with Crippen molar-refractivity contribution in [3.05, 3.63) is 113 Å². The van der Waals surface area contributed by atoms with Crippen LogP contribution in [0.1, 0.15) is 45.9 Å². The molecule has 0 fully saturated rings. The van der Waals surface area contributed by atoms with Crippen molar-refractivity contribution in [1.29, 1.82) is 0 Å². The van der Waals surface area contributed by atoms with Gasteiger partial charge in [0.15, 0.2) is 0 Å². The molecule has 0 spiro atoms. The number of fused-ring (bicyclic) bond motifs is 2. The summed E-state index contributed by atoms with van der Waals surface area (Å²) in [5.41, 5.74) is 6.28. The summed E-state index contributed by atoms with van der Waals surface area (Å²) in [5.74, 6) is 6.99. The third kappa shape index (κ3) is 4.12.